The summed E-state index contributed by atoms with van der Waals surface area (Å²) >= 11 is 0. The van der Waals surface area contributed by atoms with Crippen molar-refractivity contribution in [1.29, 1.82) is 0 Å². The average molecular weight is 375 g/mol. The van der Waals surface area contributed by atoms with Crippen LogP contribution in [-0.4, -0.2) is 28.8 Å². The van der Waals surface area contributed by atoms with Crippen LogP contribution in [0.25, 0.3) is 5.65 Å². The van der Waals surface area contributed by atoms with Gasteiger partial charge in [-0.2, -0.15) is 0 Å². The number of carbonyl (C=O) groups excluding carboxylic acids is 1. The predicted molar refractivity (Wildman–Crippen MR) is 106 cm³/mol. The van der Waals surface area contributed by atoms with E-state index in [0.717, 1.165) is 24.1 Å². The van der Waals surface area contributed by atoms with E-state index in [4.69, 9.17) is 4.43 Å². The van der Waals surface area contributed by atoms with Crippen LogP contribution in [0.4, 0.5) is 5.95 Å². The summed E-state index contributed by atoms with van der Waals surface area (Å²) in [6, 6.07) is 3.98. The van der Waals surface area contributed by atoms with Gasteiger partial charge in [-0.1, -0.05) is 26.8 Å². The summed E-state index contributed by atoms with van der Waals surface area (Å²) in [6.07, 6.45) is 3.80. The number of fused-ring (bicyclic) bond motifs is 1. The molecule has 2 aromatic rings. The molecule has 0 aliphatic heterocycles. The lowest BCUT2D eigenvalue weighted by atomic mass is 10.00. The van der Waals surface area contributed by atoms with Crippen LogP contribution in [0.2, 0.25) is 18.1 Å². The number of hydrogen-bond donors (Lipinski definition) is 1. The maximum Gasteiger partial charge on any atom is 0.235 e. The normalized spacial score (nSPS) is 16.1. The molecule has 1 saturated carbocycles. The van der Waals surface area contributed by atoms with Gasteiger partial charge >= 0.3 is 0 Å². The van der Waals surface area contributed by atoms with Crippen LogP contribution in [0.15, 0.2) is 18.3 Å². The molecule has 0 bridgehead atoms. The van der Waals surface area contributed by atoms with Crippen molar-refractivity contribution < 1.29 is 9.22 Å². The van der Waals surface area contributed by atoms with Gasteiger partial charge in [-0.15, -0.1) is 10.2 Å². The minimum Gasteiger partial charge on any atom is -0.408 e. The monoisotopic (exact) mass is 374 g/mol. The van der Waals surface area contributed by atoms with Crippen molar-refractivity contribution in [1.82, 2.24) is 14.6 Å². The largest absolute Gasteiger partial charge is 0.408 e. The van der Waals surface area contributed by atoms with E-state index < -0.39 is 13.9 Å². The molecule has 26 heavy (non-hydrogen) atoms. The molecule has 0 atom stereocenters. The van der Waals surface area contributed by atoms with E-state index in [1.165, 1.54) is 0 Å². The molecule has 1 amide bonds. The zero-order chi connectivity index (χ0) is 19.3. The van der Waals surface area contributed by atoms with E-state index in [1.807, 2.05) is 22.7 Å². The van der Waals surface area contributed by atoms with Crippen molar-refractivity contribution in [3.8, 4) is 0 Å². The molecule has 1 fully saturated rings. The lowest BCUT2D eigenvalue weighted by Crippen LogP contribution is -2.46. The van der Waals surface area contributed by atoms with Crippen molar-refractivity contribution in [2.45, 2.75) is 71.2 Å². The molecular weight excluding hydrogens is 344 g/mol. The van der Waals surface area contributed by atoms with Crippen LogP contribution >= 0.6 is 0 Å². The zero-order valence-electron chi connectivity index (χ0n) is 16.9. The van der Waals surface area contributed by atoms with Crippen molar-refractivity contribution >= 4 is 25.8 Å². The highest BCUT2D eigenvalue weighted by Gasteiger charge is 2.42. The number of carbonyl (C=O) groups is 1. The lowest BCUT2D eigenvalue weighted by Gasteiger charge is -2.43. The van der Waals surface area contributed by atoms with Gasteiger partial charge in [0.15, 0.2) is 14.0 Å². The summed E-state index contributed by atoms with van der Waals surface area (Å²) in [4.78, 5) is 12.1. The summed E-state index contributed by atoms with van der Waals surface area (Å²) in [6.45, 7) is 15.4. The van der Waals surface area contributed by atoms with Gasteiger partial charge in [0.25, 0.3) is 0 Å². The van der Waals surface area contributed by atoms with Gasteiger partial charge in [0.1, 0.15) is 0 Å². The maximum absolute atomic E-state index is 12.1. The number of amides is 1. The third-order valence-electron chi connectivity index (χ3n) is 5.58. The van der Waals surface area contributed by atoms with E-state index >= 15 is 0 Å². The van der Waals surface area contributed by atoms with E-state index in [-0.39, 0.29) is 16.9 Å². The Morgan fingerprint density at radius 1 is 1.23 bits per heavy atom. The summed E-state index contributed by atoms with van der Waals surface area (Å²) in [7, 11) is -1.96. The molecule has 6 nitrogen and oxygen atoms in total. The number of nitrogens with zero attached hydrogens (tertiary/aromatic N) is 3. The molecule has 1 aliphatic carbocycles. The van der Waals surface area contributed by atoms with Gasteiger partial charge in [0.2, 0.25) is 11.9 Å². The Kier molecular flexibility index (Phi) is 4.51. The first-order chi connectivity index (χ1) is 11.9. The minimum absolute atomic E-state index is 0.0292. The maximum atomic E-state index is 12.1. The molecular formula is C19H30N4O2Si. The summed E-state index contributed by atoms with van der Waals surface area (Å²) in [5.74, 6) is 0.632. The highest BCUT2D eigenvalue weighted by Crippen LogP contribution is 2.42. The van der Waals surface area contributed by atoms with E-state index in [2.05, 4.69) is 63.2 Å². The first kappa shape index (κ1) is 19.0. The van der Waals surface area contributed by atoms with E-state index in [9.17, 15) is 4.79 Å². The predicted octanol–water partition coefficient (Wildman–Crippen LogP) is 4.33. The Hall–Kier alpha value is -1.73. The van der Waals surface area contributed by atoms with Crippen LogP contribution in [0.3, 0.4) is 0 Å². The van der Waals surface area contributed by atoms with Crippen LogP contribution in [0.1, 0.15) is 53.0 Å². The molecule has 0 unspecified atom stereocenters. The van der Waals surface area contributed by atoms with Crippen molar-refractivity contribution in [3.63, 3.8) is 0 Å². The highest BCUT2D eigenvalue weighted by atomic mass is 28.4. The lowest BCUT2D eigenvalue weighted by molar-refractivity contribution is -0.117. The van der Waals surface area contributed by atoms with Crippen molar-refractivity contribution in [3.05, 3.63) is 23.9 Å². The molecule has 2 heterocycles. The Labute approximate surface area is 156 Å². The van der Waals surface area contributed by atoms with Gasteiger partial charge in [0, 0.05) is 17.7 Å². The van der Waals surface area contributed by atoms with Gasteiger partial charge in [-0.3, -0.25) is 14.5 Å². The third-order valence-corrected chi connectivity index (χ3v) is 10.2. The minimum atomic E-state index is -1.96. The van der Waals surface area contributed by atoms with Gasteiger partial charge in [0.05, 0.1) is 5.60 Å². The first-order valence-electron chi connectivity index (χ1n) is 9.28. The number of aromatic nitrogens is 3. The second-order valence-electron chi connectivity index (χ2n) is 9.28. The summed E-state index contributed by atoms with van der Waals surface area (Å²) in [5, 5.41) is 11.6. The Morgan fingerprint density at radius 3 is 2.46 bits per heavy atom. The SMILES string of the molecule is CC(C)(O[Si](C)(C)C(C)(C)C)c1cccn2c(NC(=O)C3CC3)nnc12. The summed E-state index contributed by atoms with van der Waals surface area (Å²) in [5.41, 5.74) is 1.20. The molecule has 1 N–H and O–H groups in total. The Balaban J connectivity index is 1.94. The van der Waals surface area contributed by atoms with Crippen LogP contribution in [0.5, 0.6) is 0 Å². The number of pyridine rings is 1. The first-order valence-corrected chi connectivity index (χ1v) is 12.2. The Bertz CT molecular complexity index is 832. The Morgan fingerprint density at radius 2 is 1.88 bits per heavy atom. The van der Waals surface area contributed by atoms with Gasteiger partial charge in [-0.05, 0) is 50.9 Å². The van der Waals surface area contributed by atoms with Gasteiger partial charge < -0.3 is 4.43 Å². The number of hydrogen-bond acceptors (Lipinski definition) is 4. The second-order valence-corrected chi connectivity index (χ2v) is 14.0. The number of nitrogens with one attached hydrogen (secondary N) is 1. The van der Waals surface area contributed by atoms with Gasteiger partial charge in [-0.25, -0.2) is 0 Å². The highest BCUT2D eigenvalue weighted by molar-refractivity contribution is 6.74. The molecule has 1 aliphatic rings. The topological polar surface area (TPSA) is 68.5 Å². The van der Waals surface area contributed by atoms with E-state index in [1.54, 1.807) is 0 Å². The fourth-order valence-electron chi connectivity index (χ4n) is 2.87. The van der Waals surface area contributed by atoms with Crippen molar-refractivity contribution in [2.75, 3.05) is 5.32 Å². The van der Waals surface area contributed by atoms with E-state index in [0.29, 0.717) is 5.95 Å². The third kappa shape index (κ3) is 3.55. The fourth-order valence-corrected chi connectivity index (χ4v) is 4.57. The average Bonchev–Trinajstić information content (AvgIpc) is 3.28. The number of anilines is 1. The molecule has 3 rings (SSSR count). The molecule has 0 radical (unpaired) electrons. The number of rotatable bonds is 5. The standard InChI is InChI=1S/C19H30N4O2Si/c1-18(2,3)26(6,7)25-19(4,5)14-9-8-12-23-15(14)21-22-17(23)20-16(24)13-10-11-13/h8-9,12-13H,10-11H2,1-7H3,(H,20,22,24). The molecule has 2 aromatic heterocycles. The molecule has 7 heteroatoms. The van der Waals surface area contributed by atoms with Crippen LogP contribution < -0.4 is 5.32 Å². The molecule has 142 valence electrons. The quantitative estimate of drug-likeness (QED) is 0.791. The van der Waals surface area contributed by atoms with Crippen molar-refractivity contribution in [2.24, 2.45) is 5.92 Å². The smallest absolute Gasteiger partial charge is 0.235 e. The zero-order valence-corrected chi connectivity index (χ0v) is 17.9. The molecule has 0 aromatic carbocycles. The second kappa shape index (κ2) is 6.16. The fraction of sp³-hybridized carbons (Fsp3) is 0.632. The van der Waals surface area contributed by atoms with Crippen LogP contribution in [0, 0.1) is 5.92 Å². The summed E-state index contributed by atoms with van der Waals surface area (Å²) < 4.78 is 8.53. The molecule has 0 spiro atoms. The molecule has 0 saturated heterocycles. The van der Waals surface area contributed by atoms with Crippen LogP contribution in [-0.2, 0) is 14.8 Å².